The molecule has 1 atom stereocenters. The second-order valence-corrected chi connectivity index (χ2v) is 5.25. The van der Waals surface area contributed by atoms with Crippen LogP contribution in [-0.2, 0) is 4.79 Å². The van der Waals surface area contributed by atoms with Crippen molar-refractivity contribution in [3.8, 4) is 5.75 Å². The molecule has 0 saturated heterocycles. The summed E-state index contributed by atoms with van der Waals surface area (Å²) >= 11 is 0. The number of ether oxygens (including phenoxy) is 1. The molecule has 1 unspecified atom stereocenters. The average molecular weight is 285 g/mol. The molecule has 2 N–H and O–H groups in total. The first-order chi connectivity index (χ1) is 10.3. The fraction of sp³-hybridized carbons (Fsp3) is 0.357. The van der Waals surface area contributed by atoms with Crippen molar-refractivity contribution < 1.29 is 9.53 Å². The van der Waals surface area contributed by atoms with Crippen molar-refractivity contribution in [1.82, 2.24) is 15.0 Å². The molecule has 2 aromatic rings. The number of fused-ring (bicyclic) bond motifs is 1. The molecule has 1 saturated carbocycles. The predicted octanol–water partition coefficient (Wildman–Crippen LogP) is 1.42. The van der Waals surface area contributed by atoms with E-state index in [0.29, 0.717) is 24.2 Å². The van der Waals surface area contributed by atoms with Crippen LogP contribution in [0.1, 0.15) is 18.9 Å². The zero-order chi connectivity index (χ0) is 14.2. The highest BCUT2D eigenvalue weighted by Gasteiger charge is 2.28. The number of amides is 1. The standard InChI is InChI=1S/C14H15N5O2/c20-14(17-13-8-16-19(18-13)9-5-6-9)12-7-15-10-3-1-2-4-11(10)21-12/h1-4,8-9,12,15H,5-7H2,(H,17,18,20). The van der Waals surface area contributed by atoms with Crippen molar-refractivity contribution in [2.24, 2.45) is 0 Å². The number of benzene rings is 1. The Kier molecular flexibility index (Phi) is 2.77. The Bertz CT molecular complexity index is 680. The lowest BCUT2D eigenvalue weighted by Crippen LogP contribution is -2.41. The molecule has 2 aliphatic rings. The highest BCUT2D eigenvalue weighted by Crippen LogP contribution is 2.33. The SMILES string of the molecule is O=C(Nc1cnn(C2CC2)n1)C1CNc2ccccc2O1. The molecule has 0 bridgehead atoms. The molecule has 1 aromatic heterocycles. The number of hydrogen-bond acceptors (Lipinski definition) is 5. The van der Waals surface area contributed by atoms with Gasteiger partial charge < -0.3 is 15.4 Å². The largest absolute Gasteiger partial charge is 0.477 e. The smallest absolute Gasteiger partial charge is 0.268 e. The first-order valence-corrected chi connectivity index (χ1v) is 7.02. The summed E-state index contributed by atoms with van der Waals surface area (Å²) in [6.07, 6.45) is 3.20. The number of rotatable bonds is 3. The second-order valence-electron chi connectivity index (χ2n) is 5.25. The number of nitrogens with one attached hydrogen (secondary N) is 2. The van der Waals surface area contributed by atoms with Crippen LogP contribution in [0.2, 0.25) is 0 Å². The third kappa shape index (κ3) is 2.42. The average Bonchev–Trinajstić information content (AvgIpc) is 3.27. The van der Waals surface area contributed by atoms with Gasteiger partial charge in [0.2, 0.25) is 0 Å². The van der Waals surface area contributed by atoms with Crippen LogP contribution < -0.4 is 15.4 Å². The van der Waals surface area contributed by atoms with Crippen LogP contribution in [0.25, 0.3) is 0 Å². The molecule has 0 spiro atoms. The van der Waals surface area contributed by atoms with Gasteiger partial charge in [-0.05, 0) is 25.0 Å². The van der Waals surface area contributed by atoms with Crippen molar-refractivity contribution in [2.45, 2.75) is 25.0 Å². The number of anilines is 2. The Morgan fingerprint density at radius 1 is 1.38 bits per heavy atom. The van der Waals surface area contributed by atoms with E-state index in [1.807, 2.05) is 24.3 Å². The summed E-state index contributed by atoms with van der Waals surface area (Å²) in [5.74, 6) is 0.930. The van der Waals surface area contributed by atoms with Gasteiger partial charge in [0, 0.05) is 0 Å². The number of carbonyl (C=O) groups excluding carboxylic acids is 1. The second kappa shape index (κ2) is 4.76. The third-order valence-electron chi connectivity index (χ3n) is 3.56. The van der Waals surface area contributed by atoms with E-state index in [1.165, 1.54) is 0 Å². The molecule has 1 aromatic carbocycles. The van der Waals surface area contributed by atoms with Crippen LogP contribution in [0.3, 0.4) is 0 Å². The van der Waals surface area contributed by atoms with E-state index < -0.39 is 6.10 Å². The highest BCUT2D eigenvalue weighted by molar-refractivity contribution is 5.94. The van der Waals surface area contributed by atoms with E-state index >= 15 is 0 Å². The molecule has 1 fully saturated rings. The minimum atomic E-state index is -0.578. The normalized spacial score (nSPS) is 20.1. The number of hydrogen-bond donors (Lipinski definition) is 2. The topological polar surface area (TPSA) is 81.1 Å². The molecule has 0 radical (unpaired) electrons. The van der Waals surface area contributed by atoms with E-state index in [9.17, 15) is 4.79 Å². The van der Waals surface area contributed by atoms with Crippen molar-refractivity contribution >= 4 is 17.4 Å². The van der Waals surface area contributed by atoms with Gasteiger partial charge >= 0.3 is 0 Å². The summed E-state index contributed by atoms with van der Waals surface area (Å²) in [6.45, 7) is 0.430. The van der Waals surface area contributed by atoms with Crippen molar-refractivity contribution in [2.75, 3.05) is 17.2 Å². The van der Waals surface area contributed by atoms with Gasteiger partial charge in [0.1, 0.15) is 5.75 Å². The lowest BCUT2D eigenvalue weighted by atomic mass is 10.2. The third-order valence-corrected chi connectivity index (χ3v) is 3.56. The van der Waals surface area contributed by atoms with Crippen molar-refractivity contribution in [3.63, 3.8) is 0 Å². The van der Waals surface area contributed by atoms with Crippen molar-refractivity contribution in [1.29, 1.82) is 0 Å². The highest BCUT2D eigenvalue weighted by atomic mass is 16.5. The maximum Gasteiger partial charge on any atom is 0.268 e. The summed E-state index contributed by atoms with van der Waals surface area (Å²) in [5.41, 5.74) is 0.904. The molecular formula is C14H15N5O2. The summed E-state index contributed by atoms with van der Waals surface area (Å²) < 4.78 is 5.70. The van der Waals surface area contributed by atoms with Crippen LogP contribution in [-0.4, -0.2) is 33.5 Å². The molecule has 4 rings (SSSR count). The van der Waals surface area contributed by atoms with Gasteiger partial charge in [-0.25, -0.2) is 0 Å². The lowest BCUT2D eigenvalue weighted by Gasteiger charge is -2.26. The molecule has 7 heteroatoms. The molecule has 21 heavy (non-hydrogen) atoms. The monoisotopic (exact) mass is 285 g/mol. The number of carbonyl (C=O) groups is 1. The maximum absolute atomic E-state index is 12.2. The van der Waals surface area contributed by atoms with Gasteiger partial charge in [-0.3, -0.25) is 4.79 Å². The summed E-state index contributed by atoms with van der Waals surface area (Å²) in [7, 11) is 0. The molecule has 2 heterocycles. The van der Waals surface area contributed by atoms with Crippen LogP contribution in [0.4, 0.5) is 11.5 Å². The maximum atomic E-state index is 12.2. The van der Waals surface area contributed by atoms with Gasteiger partial charge in [0.25, 0.3) is 5.91 Å². The lowest BCUT2D eigenvalue weighted by molar-refractivity contribution is -0.122. The van der Waals surface area contributed by atoms with E-state index in [0.717, 1.165) is 18.5 Å². The fourth-order valence-electron chi connectivity index (χ4n) is 2.28. The van der Waals surface area contributed by atoms with Gasteiger partial charge in [-0.2, -0.15) is 9.90 Å². The Balaban J connectivity index is 1.43. The quantitative estimate of drug-likeness (QED) is 0.891. The molecule has 108 valence electrons. The van der Waals surface area contributed by atoms with Gasteiger partial charge in [0.15, 0.2) is 11.9 Å². The van der Waals surface area contributed by atoms with E-state index in [4.69, 9.17) is 4.74 Å². The van der Waals surface area contributed by atoms with Crippen LogP contribution in [0.5, 0.6) is 5.75 Å². The van der Waals surface area contributed by atoms with Gasteiger partial charge in [-0.15, -0.1) is 5.10 Å². The molecule has 1 aliphatic carbocycles. The Labute approximate surface area is 121 Å². The number of para-hydroxylation sites is 2. The number of aromatic nitrogens is 3. The molecule has 1 amide bonds. The zero-order valence-electron chi connectivity index (χ0n) is 11.3. The van der Waals surface area contributed by atoms with Crippen LogP contribution in [0, 0.1) is 0 Å². The Morgan fingerprint density at radius 3 is 3.10 bits per heavy atom. The summed E-state index contributed by atoms with van der Waals surface area (Å²) in [5, 5.41) is 14.3. The first-order valence-electron chi connectivity index (χ1n) is 7.02. The van der Waals surface area contributed by atoms with E-state index in [-0.39, 0.29) is 5.91 Å². The Morgan fingerprint density at radius 2 is 2.24 bits per heavy atom. The van der Waals surface area contributed by atoms with Gasteiger partial charge in [0.05, 0.1) is 24.5 Å². The molecule has 7 nitrogen and oxygen atoms in total. The minimum Gasteiger partial charge on any atom is -0.477 e. The molecule has 1 aliphatic heterocycles. The van der Waals surface area contributed by atoms with Gasteiger partial charge in [-0.1, -0.05) is 12.1 Å². The number of nitrogens with zero attached hydrogens (tertiary/aromatic N) is 3. The fourth-order valence-corrected chi connectivity index (χ4v) is 2.28. The van der Waals surface area contributed by atoms with Crippen molar-refractivity contribution in [3.05, 3.63) is 30.5 Å². The molecular weight excluding hydrogens is 270 g/mol. The minimum absolute atomic E-state index is 0.222. The van der Waals surface area contributed by atoms with Crippen LogP contribution in [0.15, 0.2) is 30.5 Å². The van der Waals surface area contributed by atoms with Crippen LogP contribution >= 0.6 is 0 Å². The first kappa shape index (κ1) is 12.2. The predicted molar refractivity (Wildman–Crippen MR) is 76.3 cm³/mol. The zero-order valence-corrected chi connectivity index (χ0v) is 11.3. The summed E-state index contributed by atoms with van der Waals surface area (Å²) in [4.78, 5) is 13.9. The summed E-state index contributed by atoms with van der Waals surface area (Å²) in [6, 6.07) is 7.96. The van der Waals surface area contributed by atoms with E-state index in [2.05, 4.69) is 20.8 Å². The van der Waals surface area contributed by atoms with E-state index in [1.54, 1.807) is 11.0 Å². The Hall–Kier alpha value is -2.57.